The van der Waals surface area contributed by atoms with Crippen molar-refractivity contribution in [3.8, 4) is 5.75 Å². The number of amidine groups is 1. The zero-order chi connectivity index (χ0) is 12.2. The molecule has 0 aliphatic carbocycles. The zero-order valence-electron chi connectivity index (χ0n) is 10.2. The molecule has 0 radical (unpaired) electrons. The van der Waals surface area contributed by atoms with Crippen molar-refractivity contribution >= 4 is 5.84 Å². The second-order valence-electron chi connectivity index (χ2n) is 5.10. The van der Waals surface area contributed by atoms with Gasteiger partial charge in [0.2, 0.25) is 0 Å². The Morgan fingerprint density at radius 3 is 2.25 bits per heavy atom. The molecule has 3 nitrogen and oxygen atoms in total. The minimum Gasteiger partial charge on any atom is -0.494 e. The third-order valence-electron chi connectivity index (χ3n) is 2.29. The highest BCUT2D eigenvalue weighted by molar-refractivity contribution is 5.94. The van der Waals surface area contributed by atoms with Crippen LogP contribution in [-0.4, -0.2) is 12.4 Å². The summed E-state index contributed by atoms with van der Waals surface area (Å²) in [5, 5.41) is 7.26. The van der Waals surface area contributed by atoms with Gasteiger partial charge in [-0.3, -0.25) is 5.41 Å². The molecule has 3 heteroatoms. The molecule has 1 aromatic rings. The largest absolute Gasteiger partial charge is 0.494 e. The fraction of sp³-hybridized carbons (Fsp3) is 0.462. The summed E-state index contributed by atoms with van der Waals surface area (Å²) in [6.07, 6.45) is 1.02. The standard InChI is InChI=1S/C13H20N2O/c1-13(2,3)8-9-16-11-6-4-10(5-7-11)12(14)15/h4-7H,8-9H2,1-3H3,(H3,14,15). The van der Waals surface area contributed by atoms with Gasteiger partial charge in [-0.25, -0.2) is 0 Å². The molecular weight excluding hydrogens is 200 g/mol. The van der Waals surface area contributed by atoms with Crippen LogP contribution in [0.5, 0.6) is 5.75 Å². The van der Waals surface area contributed by atoms with Gasteiger partial charge in [-0.15, -0.1) is 0 Å². The quantitative estimate of drug-likeness (QED) is 0.605. The molecule has 0 saturated carbocycles. The second-order valence-corrected chi connectivity index (χ2v) is 5.10. The lowest BCUT2D eigenvalue weighted by Gasteiger charge is -2.18. The van der Waals surface area contributed by atoms with E-state index in [-0.39, 0.29) is 5.84 Å². The number of ether oxygens (including phenoxy) is 1. The van der Waals surface area contributed by atoms with E-state index in [0.29, 0.717) is 12.0 Å². The maximum atomic E-state index is 7.26. The van der Waals surface area contributed by atoms with E-state index >= 15 is 0 Å². The molecule has 1 rings (SSSR count). The third kappa shape index (κ3) is 4.34. The molecule has 16 heavy (non-hydrogen) atoms. The Morgan fingerprint density at radius 1 is 1.25 bits per heavy atom. The lowest BCUT2D eigenvalue weighted by Crippen LogP contribution is -2.12. The van der Waals surface area contributed by atoms with Gasteiger partial charge in [0.05, 0.1) is 6.61 Å². The summed E-state index contributed by atoms with van der Waals surface area (Å²) < 4.78 is 5.61. The molecule has 0 spiro atoms. The summed E-state index contributed by atoms with van der Waals surface area (Å²) in [5.41, 5.74) is 6.38. The van der Waals surface area contributed by atoms with Crippen LogP contribution >= 0.6 is 0 Å². The van der Waals surface area contributed by atoms with E-state index in [9.17, 15) is 0 Å². The van der Waals surface area contributed by atoms with Gasteiger partial charge in [0, 0.05) is 5.56 Å². The van der Waals surface area contributed by atoms with E-state index in [1.807, 2.05) is 12.1 Å². The van der Waals surface area contributed by atoms with Crippen molar-refractivity contribution < 1.29 is 4.74 Å². The highest BCUT2D eigenvalue weighted by Gasteiger charge is 2.09. The summed E-state index contributed by atoms with van der Waals surface area (Å²) in [4.78, 5) is 0. The van der Waals surface area contributed by atoms with Crippen molar-refractivity contribution in [1.82, 2.24) is 0 Å². The maximum absolute atomic E-state index is 7.26. The summed E-state index contributed by atoms with van der Waals surface area (Å²) in [7, 11) is 0. The van der Waals surface area contributed by atoms with Crippen LogP contribution in [0.4, 0.5) is 0 Å². The van der Waals surface area contributed by atoms with Crippen LogP contribution in [0.2, 0.25) is 0 Å². The molecule has 1 aromatic carbocycles. The number of nitrogens with two attached hydrogens (primary N) is 1. The predicted octanol–water partition coefficient (Wildman–Crippen LogP) is 2.79. The lowest BCUT2D eigenvalue weighted by atomic mass is 9.93. The van der Waals surface area contributed by atoms with Crippen molar-refractivity contribution in [3.63, 3.8) is 0 Å². The van der Waals surface area contributed by atoms with Gasteiger partial charge in [0.25, 0.3) is 0 Å². The molecule has 0 heterocycles. The highest BCUT2D eigenvalue weighted by atomic mass is 16.5. The van der Waals surface area contributed by atoms with Gasteiger partial charge in [0.15, 0.2) is 0 Å². The summed E-state index contributed by atoms with van der Waals surface area (Å²) in [6.45, 7) is 7.28. The van der Waals surface area contributed by atoms with E-state index in [2.05, 4.69) is 20.8 Å². The summed E-state index contributed by atoms with van der Waals surface area (Å²) in [5.74, 6) is 0.912. The minimum absolute atomic E-state index is 0.0845. The molecule has 0 aromatic heterocycles. The van der Waals surface area contributed by atoms with Gasteiger partial charge in [0.1, 0.15) is 11.6 Å². The van der Waals surface area contributed by atoms with E-state index in [0.717, 1.165) is 17.7 Å². The van der Waals surface area contributed by atoms with Crippen LogP contribution in [0, 0.1) is 10.8 Å². The fourth-order valence-electron chi connectivity index (χ4n) is 1.21. The van der Waals surface area contributed by atoms with Crippen LogP contribution < -0.4 is 10.5 Å². The molecule has 0 atom stereocenters. The van der Waals surface area contributed by atoms with Gasteiger partial charge < -0.3 is 10.5 Å². The molecule has 0 aliphatic heterocycles. The maximum Gasteiger partial charge on any atom is 0.122 e. The van der Waals surface area contributed by atoms with E-state index < -0.39 is 0 Å². The number of hydrogen-bond donors (Lipinski definition) is 2. The lowest BCUT2D eigenvalue weighted by molar-refractivity contribution is 0.243. The van der Waals surface area contributed by atoms with Crippen molar-refractivity contribution in [2.24, 2.45) is 11.1 Å². The van der Waals surface area contributed by atoms with Crippen molar-refractivity contribution in [3.05, 3.63) is 29.8 Å². The average Bonchev–Trinajstić information content (AvgIpc) is 2.16. The molecule has 0 saturated heterocycles. The normalized spacial score (nSPS) is 11.2. The molecule has 0 bridgehead atoms. The predicted molar refractivity (Wildman–Crippen MR) is 67.0 cm³/mol. The first-order chi connectivity index (χ1) is 7.38. The molecule has 0 fully saturated rings. The Morgan fingerprint density at radius 2 is 1.81 bits per heavy atom. The first-order valence-corrected chi connectivity index (χ1v) is 5.46. The Hall–Kier alpha value is -1.51. The van der Waals surface area contributed by atoms with Crippen molar-refractivity contribution in [1.29, 1.82) is 5.41 Å². The van der Waals surface area contributed by atoms with Crippen LogP contribution in [0.25, 0.3) is 0 Å². The van der Waals surface area contributed by atoms with Crippen LogP contribution in [0.15, 0.2) is 24.3 Å². The van der Waals surface area contributed by atoms with E-state index in [1.54, 1.807) is 12.1 Å². The zero-order valence-corrected chi connectivity index (χ0v) is 10.2. The van der Waals surface area contributed by atoms with E-state index in [1.165, 1.54) is 0 Å². The summed E-state index contributed by atoms with van der Waals surface area (Å²) >= 11 is 0. The molecular formula is C13H20N2O. The highest BCUT2D eigenvalue weighted by Crippen LogP contribution is 2.19. The van der Waals surface area contributed by atoms with Gasteiger partial charge in [-0.1, -0.05) is 20.8 Å². The van der Waals surface area contributed by atoms with Crippen molar-refractivity contribution in [2.75, 3.05) is 6.61 Å². The number of nitrogens with one attached hydrogen (secondary N) is 1. The Kier molecular flexibility index (Phi) is 3.93. The Labute approximate surface area is 97.1 Å². The van der Waals surface area contributed by atoms with Gasteiger partial charge in [-0.05, 0) is 36.1 Å². The monoisotopic (exact) mass is 220 g/mol. The molecule has 0 amide bonds. The third-order valence-corrected chi connectivity index (χ3v) is 2.29. The SMILES string of the molecule is CC(C)(C)CCOc1ccc(C(=N)N)cc1. The smallest absolute Gasteiger partial charge is 0.122 e. The van der Waals surface area contributed by atoms with Crippen LogP contribution in [0.3, 0.4) is 0 Å². The van der Waals surface area contributed by atoms with Crippen LogP contribution in [-0.2, 0) is 0 Å². The molecule has 88 valence electrons. The second kappa shape index (κ2) is 5.01. The first kappa shape index (κ1) is 12.6. The topological polar surface area (TPSA) is 59.1 Å². The molecule has 0 unspecified atom stereocenters. The Bertz CT molecular complexity index is 349. The molecule has 0 aliphatic rings. The number of hydrogen-bond acceptors (Lipinski definition) is 2. The fourth-order valence-corrected chi connectivity index (χ4v) is 1.21. The first-order valence-electron chi connectivity index (χ1n) is 5.46. The Balaban J connectivity index is 2.47. The number of benzene rings is 1. The number of nitrogen functional groups attached to an aromatic ring is 1. The van der Waals surface area contributed by atoms with Gasteiger partial charge >= 0.3 is 0 Å². The van der Waals surface area contributed by atoms with Gasteiger partial charge in [-0.2, -0.15) is 0 Å². The minimum atomic E-state index is 0.0845. The molecule has 3 N–H and O–H groups in total. The summed E-state index contributed by atoms with van der Waals surface area (Å²) in [6, 6.07) is 7.29. The number of rotatable bonds is 4. The van der Waals surface area contributed by atoms with Crippen molar-refractivity contribution in [2.45, 2.75) is 27.2 Å². The average molecular weight is 220 g/mol. The van der Waals surface area contributed by atoms with E-state index in [4.69, 9.17) is 15.9 Å². The van der Waals surface area contributed by atoms with Crippen LogP contribution in [0.1, 0.15) is 32.8 Å².